The molecule has 5 nitrogen and oxygen atoms in total. The molecule has 0 unspecified atom stereocenters. The number of aromatic nitrogens is 1. The second-order valence-electron chi connectivity index (χ2n) is 2.77. The standard InChI is InChI=1S/C9H17N5/c1-10-6-5-14-9(13-4)8(12-3)7(6)11-2/h5,10,12H,1-4H3,(H2,11,13,14). The molecular formula is C9H17N5. The van der Waals surface area contributed by atoms with Gasteiger partial charge in [0.25, 0.3) is 0 Å². The molecule has 5 heteroatoms. The third-order valence-corrected chi connectivity index (χ3v) is 2.09. The van der Waals surface area contributed by atoms with Crippen LogP contribution < -0.4 is 21.3 Å². The Kier molecular flexibility index (Phi) is 3.39. The van der Waals surface area contributed by atoms with Crippen LogP contribution in [-0.4, -0.2) is 33.2 Å². The summed E-state index contributed by atoms with van der Waals surface area (Å²) in [7, 11) is 7.48. The summed E-state index contributed by atoms with van der Waals surface area (Å²) in [5, 5.41) is 12.4. The number of hydrogen-bond donors (Lipinski definition) is 4. The first-order valence-electron chi connectivity index (χ1n) is 4.52. The van der Waals surface area contributed by atoms with Crippen LogP contribution in [-0.2, 0) is 0 Å². The van der Waals surface area contributed by atoms with Crippen LogP contribution in [0, 0.1) is 0 Å². The van der Waals surface area contributed by atoms with Crippen molar-refractivity contribution in [2.24, 2.45) is 0 Å². The topological polar surface area (TPSA) is 61.0 Å². The zero-order valence-electron chi connectivity index (χ0n) is 9.02. The number of nitrogens with one attached hydrogen (secondary N) is 4. The van der Waals surface area contributed by atoms with Crippen molar-refractivity contribution >= 4 is 22.9 Å². The fraction of sp³-hybridized carbons (Fsp3) is 0.444. The molecule has 1 rings (SSSR count). The fourth-order valence-corrected chi connectivity index (χ4v) is 1.39. The molecule has 1 aromatic heterocycles. The Bertz CT molecular complexity index is 279. The molecule has 0 saturated heterocycles. The van der Waals surface area contributed by atoms with E-state index in [1.165, 1.54) is 0 Å². The lowest BCUT2D eigenvalue weighted by Gasteiger charge is -2.16. The molecule has 14 heavy (non-hydrogen) atoms. The highest BCUT2D eigenvalue weighted by molar-refractivity contribution is 5.88. The van der Waals surface area contributed by atoms with Crippen molar-refractivity contribution in [3.05, 3.63) is 6.20 Å². The molecule has 0 aliphatic heterocycles. The van der Waals surface area contributed by atoms with Gasteiger partial charge in [-0.15, -0.1) is 0 Å². The van der Waals surface area contributed by atoms with Crippen molar-refractivity contribution in [1.82, 2.24) is 4.98 Å². The SMILES string of the molecule is CNc1cnc(NC)c(NC)c1NC. The molecule has 4 N–H and O–H groups in total. The third kappa shape index (κ3) is 1.66. The van der Waals surface area contributed by atoms with E-state index in [0.29, 0.717) is 0 Å². The van der Waals surface area contributed by atoms with Crippen molar-refractivity contribution in [2.45, 2.75) is 0 Å². The van der Waals surface area contributed by atoms with Gasteiger partial charge in [-0.3, -0.25) is 0 Å². The van der Waals surface area contributed by atoms with E-state index in [-0.39, 0.29) is 0 Å². The van der Waals surface area contributed by atoms with E-state index in [4.69, 9.17) is 0 Å². The van der Waals surface area contributed by atoms with Gasteiger partial charge in [-0.2, -0.15) is 0 Å². The highest BCUT2D eigenvalue weighted by Gasteiger charge is 2.10. The zero-order chi connectivity index (χ0) is 10.6. The lowest BCUT2D eigenvalue weighted by atomic mass is 10.2. The minimum absolute atomic E-state index is 0.829. The van der Waals surface area contributed by atoms with Crippen molar-refractivity contribution in [3.8, 4) is 0 Å². The van der Waals surface area contributed by atoms with E-state index in [2.05, 4.69) is 26.3 Å². The Balaban J connectivity index is 3.28. The van der Waals surface area contributed by atoms with Crippen LogP contribution in [0.3, 0.4) is 0 Å². The molecule has 0 spiro atoms. The van der Waals surface area contributed by atoms with E-state index in [1.807, 2.05) is 28.2 Å². The monoisotopic (exact) mass is 195 g/mol. The zero-order valence-corrected chi connectivity index (χ0v) is 9.02. The number of anilines is 4. The molecule has 0 amide bonds. The molecule has 78 valence electrons. The predicted molar refractivity (Wildman–Crippen MR) is 62.4 cm³/mol. The van der Waals surface area contributed by atoms with Crippen LogP contribution >= 0.6 is 0 Å². The van der Waals surface area contributed by atoms with Crippen LogP contribution in [0.5, 0.6) is 0 Å². The van der Waals surface area contributed by atoms with Crippen LogP contribution in [0.25, 0.3) is 0 Å². The van der Waals surface area contributed by atoms with Crippen LogP contribution in [0.4, 0.5) is 22.9 Å². The lowest BCUT2D eigenvalue weighted by Crippen LogP contribution is -2.06. The first-order valence-corrected chi connectivity index (χ1v) is 4.52. The maximum Gasteiger partial charge on any atom is 0.151 e. The quantitative estimate of drug-likeness (QED) is 0.582. The van der Waals surface area contributed by atoms with E-state index in [1.54, 1.807) is 6.20 Å². The maximum atomic E-state index is 4.27. The lowest BCUT2D eigenvalue weighted by molar-refractivity contribution is 1.26. The Morgan fingerprint density at radius 1 is 0.857 bits per heavy atom. The summed E-state index contributed by atoms with van der Waals surface area (Å²) >= 11 is 0. The molecule has 0 radical (unpaired) electrons. The minimum atomic E-state index is 0.829. The molecule has 0 saturated carbocycles. The van der Waals surface area contributed by atoms with E-state index < -0.39 is 0 Å². The predicted octanol–water partition coefficient (Wildman–Crippen LogP) is 1.25. The smallest absolute Gasteiger partial charge is 0.151 e. The molecule has 0 aliphatic rings. The first-order chi connectivity index (χ1) is 6.78. The highest BCUT2D eigenvalue weighted by atomic mass is 15.1. The second-order valence-corrected chi connectivity index (χ2v) is 2.77. The summed E-state index contributed by atoms with van der Waals surface area (Å²) in [5.41, 5.74) is 2.94. The molecule has 0 bridgehead atoms. The molecule has 0 atom stereocenters. The van der Waals surface area contributed by atoms with Crippen LogP contribution in [0.1, 0.15) is 0 Å². The van der Waals surface area contributed by atoms with Gasteiger partial charge in [0.15, 0.2) is 5.82 Å². The molecule has 0 aromatic carbocycles. The van der Waals surface area contributed by atoms with Crippen molar-refractivity contribution < 1.29 is 0 Å². The third-order valence-electron chi connectivity index (χ3n) is 2.09. The van der Waals surface area contributed by atoms with Crippen LogP contribution in [0.15, 0.2) is 6.20 Å². The van der Waals surface area contributed by atoms with E-state index in [9.17, 15) is 0 Å². The fourth-order valence-electron chi connectivity index (χ4n) is 1.39. The normalized spacial score (nSPS) is 9.43. The van der Waals surface area contributed by atoms with Gasteiger partial charge in [-0.1, -0.05) is 0 Å². The van der Waals surface area contributed by atoms with Crippen molar-refractivity contribution in [1.29, 1.82) is 0 Å². The summed E-state index contributed by atoms with van der Waals surface area (Å²) in [5.74, 6) is 0.829. The largest absolute Gasteiger partial charge is 0.385 e. The van der Waals surface area contributed by atoms with E-state index >= 15 is 0 Å². The van der Waals surface area contributed by atoms with Crippen molar-refractivity contribution in [2.75, 3.05) is 49.5 Å². The summed E-state index contributed by atoms with van der Waals surface area (Å²) in [6.07, 6.45) is 1.79. The van der Waals surface area contributed by atoms with Gasteiger partial charge in [0, 0.05) is 28.2 Å². The van der Waals surface area contributed by atoms with E-state index in [0.717, 1.165) is 22.9 Å². The highest BCUT2D eigenvalue weighted by Crippen LogP contribution is 2.34. The Labute approximate surface area is 84.3 Å². The number of rotatable bonds is 4. The number of nitrogens with zero attached hydrogens (tertiary/aromatic N) is 1. The molecule has 1 aromatic rings. The Hall–Kier alpha value is -1.65. The van der Waals surface area contributed by atoms with Gasteiger partial charge < -0.3 is 21.3 Å². The Morgan fingerprint density at radius 3 is 1.93 bits per heavy atom. The second kappa shape index (κ2) is 4.55. The Morgan fingerprint density at radius 2 is 1.50 bits per heavy atom. The van der Waals surface area contributed by atoms with Gasteiger partial charge in [0.05, 0.1) is 17.6 Å². The average Bonchev–Trinajstić information content (AvgIpc) is 2.26. The average molecular weight is 195 g/mol. The number of hydrogen-bond acceptors (Lipinski definition) is 5. The summed E-state index contributed by atoms with van der Waals surface area (Å²) in [6, 6.07) is 0. The number of pyridine rings is 1. The first kappa shape index (κ1) is 10.4. The summed E-state index contributed by atoms with van der Waals surface area (Å²) < 4.78 is 0. The summed E-state index contributed by atoms with van der Waals surface area (Å²) in [4.78, 5) is 4.27. The van der Waals surface area contributed by atoms with Gasteiger partial charge in [0.2, 0.25) is 0 Å². The molecule has 0 aliphatic carbocycles. The maximum absolute atomic E-state index is 4.27. The van der Waals surface area contributed by atoms with Crippen molar-refractivity contribution in [3.63, 3.8) is 0 Å². The van der Waals surface area contributed by atoms with Gasteiger partial charge in [0.1, 0.15) is 5.69 Å². The minimum Gasteiger partial charge on any atom is -0.385 e. The molecule has 0 fully saturated rings. The van der Waals surface area contributed by atoms with Crippen LogP contribution in [0.2, 0.25) is 0 Å². The summed E-state index contributed by atoms with van der Waals surface area (Å²) in [6.45, 7) is 0. The van der Waals surface area contributed by atoms with Gasteiger partial charge in [-0.05, 0) is 0 Å². The van der Waals surface area contributed by atoms with Gasteiger partial charge in [-0.25, -0.2) is 4.98 Å². The molecular weight excluding hydrogens is 178 g/mol. The molecule has 1 heterocycles. The van der Waals surface area contributed by atoms with Gasteiger partial charge >= 0.3 is 0 Å².